The van der Waals surface area contributed by atoms with E-state index in [4.69, 9.17) is 9.47 Å². The van der Waals surface area contributed by atoms with Gasteiger partial charge in [-0.05, 0) is 38.5 Å². The van der Waals surface area contributed by atoms with Crippen molar-refractivity contribution in [3.8, 4) is 0 Å². The van der Waals surface area contributed by atoms with Crippen molar-refractivity contribution in [3.63, 3.8) is 0 Å². The number of carbonyl (C=O) groups is 3. The normalized spacial score (nSPS) is 13.5. The summed E-state index contributed by atoms with van der Waals surface area (Å²) in [6, 6.07) is 0. The molecule has 0 saturated carbocycles. The van der Waals surface area contributed by atoms with E-state index < -0.39 is 36.4 Å². The van der Waals surface area contributed by atoms with Gasteiger partial charge in [0, 0.05) is 0 Å². The highest BCUT2D eigenvalue weighted by atomic mass is 19.1. The molecule has 0 aliphatic carbocycles. The Bertz CT molecular complexity index is 657. The first-order valence-corrected chi connectivity index (χ1v) is 16.7. The molecule has 2 N–H and O–H groups in total. The summed E-state index contributed by atoms with van der Waals surface area (Å²) in [6.45, 7) is 4.14. The van der Waals surface area contributed by atoms with Crippen LogP contribution in [0.15, 0.2) is 0 Å². The van der Waals surface area contributed by atoms with Gasteiger partial charge in [0.2, 0.25) is 0 Å². The fourth-order valence-electron chi connectivity index (χ4n) is 4.98. The zero-order valence-corrected chi connectivity index (χ0v) is 26.3. The van der Waals surface area contributed by atoms with Gasteiger partial charge in [-0.25, -0.2) is 4.79 Å². The van der Waals surface area contributed by atoms with Crippen LogP contribution in [-0.4, -0.2) is 53.1 Å². The zero-order chi connectivity index (χ0) is 30.6. The van der Waals surface area contributed by atoms with Crippen molar-refractivity contribution in [2.24, 2.45) is 0 Å². The van der Waals surface area contributed by atoms with Gasteiger partial charge in [-0.15, -0.1) is 0 Å². The Morgan fingerprint density at radius 2 is 1.05 bits per heavy atom. The molecular weight excluding hydrogens is 527 g/mol. The highest BCUT2D eigenvalue weighted by molar-refractivity contribution is 5.89. The van der Waals surface area contributed by atoms with E-state index in [9.17, 15) is 29.0 Å². The number of aliphatic hydroxyl groups is 1. The largest absolute Gasteiger partial charge is 0.479 e. The smallest absolute Gasteiger partial charge is 0.336 e. The maximum absolute atomic E-state index is 12.8. The number of unbranched alkanes of at least 4 members (excludes halogenated alkanes) is 17. The van der Waals surface area contributed by atoms with Crippen molar-refractivity contribution < 1.29 is 38.5 Å². The van der Waals surface area contributed by atoms with E-state index in [-0.39, 0.29) is 19.4 Å². The average Bonchev–Trinajstić information content (AvgIpc) is 2.93. The number of ether oxygens (including phenoxy) is 2. The Morgan fingerprint density at radius 1 is 0.634 bits per heavy atom. The Morgan fingerprint density at radius 3 is 1.51 bits per heavy atom. The molecule has 7 nitrogen and oxygen atoms in total. The summed E-state index contributed by atoms with van der Waals surface area (Å²) in [5.41, 5.74) is -2.57. The van der Waals surface area contributed by atoms with Crippen molar-refractivity contribution in [3.05, 3.63) is 0 Å². The van der Waals surface area contributed by atoms with Crippen LogP contribution in [0.5, 0.6) is 0 Å². The van der Waals surface area contributed by atoms with Crippen LogP contribution in [0, 0.1) is 0 Å². The van der Waals surface area contributed by atoms with Gasteiger partial charge in [0.1, 0.15) is 6.10 Å². The van der Waals surface area contributed by atoms with Gasteiger partial charge in [0.15, 0.2) is 5.60 Å². The number of carboxylic acid groups (broad SMARTS) is 1. The quantitative estimate of drug-likeness (QED) is 0.0638. The van der Waals surface area contributed by atoms with E-state index in [0.717, 1.165) is 64.2 Å². The molecule has 0 aromatic carbocycles. The minimum absolute atomic E-state index is 0.0909. The van der Waals surface area contributed by atoms with E-state index in [1.54, 1.807) is 0 Å². The summed E-state index contributed by atoms with van der Waals surface area (Å²) in [7, 11) is 0. The van der Waals surface area contributed by atoms with Crippen LogP contribution in [0.1, 0.15) is 168 Å². The molecule has 242 valence electrons. The maximum atomic E-state index is 12.8. The van der Waals surface area contributed by atoms with Gasteiger partial charge in [-0.1, -0.05) is 117 Å². The second-order valence-corrected chi connectivity index (χ2v) is 11.7. The lowest BCUT2D eigenvalue weighted by Gasteiger charge is -2.24. The van der Waals surface area contributed by atoms with Crippen LogP contribution in [0.3, 0.4) is 0 Å². The molecule has 0 rings (SSSR count). The number of carbonyl (C=O) groups excluding carboxylic acids is 2. The van der Waals surface area contributed by atoms with Crippen LogP contribution in [-0.2, 0) is 23.9 Å². The Kier molecular flexibility index (Phi) is 26.0. The molecule has 0 saturated heterocycles. The molecule has 2 atom stereocenters. The first-order valence-electron chi connectivity index (χ1n) is 16.7. The van der Waals surface area contributed by atoms with E-state index >= 15 is 0 Å². The third-order valence-corrected chi connectivity index (χ3v) is 7.62. The minimum atomic E-state index is -2.57. The third-order valence-electron chi connectivity index (χ3n) is 7.62. The summed E-state index contributed by atoms with van der Waals surface area (Å²) < 4.78 is 22.9. The van der Waals surface area contributed by atoms with Crippen LogP contribution in [0.2, 0.25) is 0 Å². The van der Waals surface area contributed by atoms with Crippen molar-refractivity contribution >= 4 is 17.9 Å². The lowest BCUT2D eigenvalue weighted by Crippen LogP contribution is -2.44. The number of rotatable bonds is 30. The Labute approximate surface area is 249 Å². The molecule has 0 aliphatic rings. The Hall–Kier alpha value is -1.70. The summed E-state index contributed by atoms with van der Waals surface area (Å²) in [5, 5.41) is 20.2. The van der Waals surface area contributed by atoms with Crippen LogP contribution >= 0.6 is 0 Å². The molecule has 0 aromatic heterocycles. The highest BCUT2D eigenvalue weighted by Gasteiger charge is 2.42. The monoisotopic (exact) mass is 588 g/mol. The molecule has 2 unspecified atom stereocenters. The average molecular weight is 589 g/mol. The van der Waals surface area contributed by atoms with Crippen LogP contribution < -0.4 is 0 Å². The number of hydrogen-bond donors (Lipinski definition) is 2. The molecule has 41 heavy (non-hydrogen) atoms. The molecule has 0 heterocycles. The fourth-order valence-corrected chi connectivity index (χ4v) is 4.98. The molecule has 0 fully saturated rings. The number of esters is 2. The van der Waals surface area contributed by atoms with Gasteiger partial charge in [-0.2, -0.15) is 0 Å². The van der Waals surface area contributed by atoms with Crippen LogP contribution in [0.25, 0.3) is 0 Å². The third kappa shape index (κ3) is 23.5. The second-order valence-electron chi connectivity index (χ2n) is 11.7. The number of hydrogen-bond acceptors (Lipinski definition) is 6. The van der Waals surface area contributed by atoms with Crippen molar-refractivity contribution in [2.75, 3.05) is 13.3 Å². The summed E-state index contributed by atoms with van der Waals surface area (Å²) in [6.07, 6.45) is 20.4. The summed E-state index contributed by atoms with van der Waals surface area (Å²) in [5.74, 6) is -3.32. The van der Waals surface area contributed by atoms with Gasteiger partial charge >= 0.3 is 17.9 Å². The van der Waals surface area contributed by atoms with Crippen molar-refractivity contribution in [1.29, 1.82) is 0 Å². The predicted molar refractivity (Wildman–Crippen MR) is 162 cm³/mol. The molecule has 0 amide bonds. The number of carboxylic acids is 1. The van der Waals surface area contributed by atoms with Crippen molar-refractivity contribution in [1.82, 2.24) is 0 Å². The van der Waals surface area contributed by atoms with Gasteiger partial charge in [0.25, 0.3) is 0 Å². The van der Waals surface area contributed by atoms with E-state index in [1.807, 2.05) is 0 Å². The standard InChI is InChI=1S/C33H61FO7/c1-3-5-7-9-11-12-13-16-20-24-29(23-19-15-10-8-6-4-2)41-31(36)28-33(39,32(37)38)27-30(35)40-26-22-18-14-17-21-25-34/h29,39H,3-28H2,1-2H3,(H,37,38). The zero-order valence-electron chi connectivity index (χ0n) is 26.3. The van der Waals surface area contributed by atoms with E-state index in [0.29, 0.717) is 19.3 Å². The lowest BCUT2D eigenvalue weighted by molar-refractivity contribution is -0.175. The van der Waals surface area contributed by atoms with E-state index in [2.05, 4.69) is 13.8 Å². The molecule has 0 aliphatic heterocycles. The summed E-state index contributed by atoms with van der Waals surface area (Å²) in [4.78, 5) is 36.8. The summed E-state index contributed by atoms with van der Waals surface area (Å²) >= 11 is 0. The number of halogens is 1. The topological polar surface area (TPSA) is 110 Å². The molecule has 0 spiro atoms. The molecule has 0 aromatic rings. The fraction of sp³-hybridized carbons (Fsp3) is 0.909. The molecule has 8 heteroatoms. The van der Waals surface area contributed by atoms with Crippen molar-refractivity contribution in [2.45, 2.75) is 180 Å². The molecular formula is C33H61FO7. The van der Waals surface area contributed by atoms with Crippen LogP contribution in [0.4, 0.5) is 4.39 Å². The first kappa shape index (κ1) is 39.3. The number of alkyl halides is 1. The second kappa shape index (κ2) is 27.2. The van der Waals surface area contributed by atoms with E-state index in [1.165, 1.54) is 57.8 Å². The minimum Gasteiger partial charge on any atom is -0.479 e. The van der Waals surface area contributed by atoms with Gasteiger partial charge in [0.05, 0.1) is 26.1 Å². The SMILES string of the molecule is CCCCCCCCCCCC(CCCCCCCC)OC(=O)CC(O)(CC(=O)OCCCCCCCF)C(=O)O. The van der Waals surface area contributed by atoms with Gasteiger partial charge in [-0.3, -0.25) is 14.0 Å². The molecule has 0 radical (unpaired) electrons. The number of aliphatic carboxylic acids is 1. The van der Waals surface area contributed by atoms with Gasteiger partial charge < -0.3 is 19.7 Å². The molecule has 0 bridgehead atoms. The highest BCUT2D eigenvalue weighted by Crippen LogP contribution is 2.22. The predicted octanol–water partition coefficient (Wildman–Crippen LogP) is 8.63. The maximum Gasteiger partial charge on any atom is 0.336 e. The first-order chi connectivity index (χ1) is 19.8. The lowest BCUT2D eigenvalue weighted by atomic mass is 9.95. The Balaban J connectivity index is 4.70.